The quantitative estimate of drug-likeness (QED) is 0.758. The second kappa shape index (κ2) is 8.80. The van der Waals surface area contributed by atoms with E-state index in [0.29, 0.717) is 22.4 Å². The van der Waals surface area contributed by atoms with Gasteiger partial charge in [0.2, 0.25) is 5.91 Å². The zero-order valence-corrected chi connectivity index (χ0v) is 16.0. The molecule has 0 saturated heterocycles. The smallest absolute Gasteiger partial charge is 0.238 e. The summed E-state index contributed by atoms with van der Waals surface area (Å²) >= 11 is 1.36. The van der Waals surface area contributed by atoms with Crippen molar-refractivity contribution in [2.24, 2.45) is 5.92 Å². The summed E-state index contributed by atoms with van der Waals surface area (Å²) in [6.07, 6.45) is 0. The van der Waals surface area contributed by atoms with Crippen LogP contribution in [0, 0.1) is 17.2 Å². The molecule has 1 aromatic carbocycles. The molecule has 5 heteroatoms. The summed E-state index contributed by atoms with van der Waals surface area (Å²) in [6.45, 7) is 8.84. The molecular formula is C20H25N3OS. The van der Waals surface area contributed by atoms with Gasteiger partial charge in [0, 0.05) is 6.04 Å². The molecule has 1 amide bonds. The normalized spacial score (nSPS) is 12.2. The number of carbonyl (C=O) groups is 1. The van der Waals surface area contributed by atoms with Gasteiger partial charge in [0.1, 0.15) is 11.1 Å². The summed E-state index contributed by atoms with van der Waals surface area (Å²) in [6, 6.07) is 12.5. The van der Waals surface area contributed by atoms with Gasteiger partial charge >= 0.3 is 0 Å². The van der Waals surface area contributed by atoms with Crippen LogP contribution in [0.3, 0.4) is 0 Å². The number of benzene rings is 1. The van der Waals surface area contributed by atoms with Crippen LogP contribution in [0.1, 0.15) is 56.3 Å². The Morgan fingerprint density at radius 3 is 2.32 bits per heavy atom. The molecule has 0 radical (unpaired) electrons. The zero-order valence-electron chi connectivity index (χ0n) is 15.2. The van der Waals surface area contributed by atoms with Crippen molar-refractivity contribution in [3.63, 3.8) is 0 Å². The van der Waals surface area contributed by atoms with Crippen LogP contribution in [-0.2, 0) is 4.79 Å². The predicted molar refractivity (Wildman–Crippen MR) is 104 cm³/mol. The maximum absolute atomic E-state index is 12.2. The third-order valence-corrected chi connectivity index (χ3v) is 4.98. The third kappa shape index (κ3) is 5.15. The van der Waals surface area contributed by atoms with Crippen molar-refractivity contribution in [1.29, 1.82) is 5.26 Å². The lowest BCUT2D eigenvalue weighted by atomic mass is 9.93. The summed E-state index contributed by atoms with van der Waals surface area (Å²) in [5.74, 6) is 0.725. The number of rotatable bonds is 7. The van der Waals surface area contributed by atoms with Crippen LogP contribution in [0.25, 0.3) is 0 Å². The van der Waals surface area contributed by atoms with Crippen LogP contribution in [-0.4, -0.2) is 12.5 Å². The van der Waals surface area contributed by atoms with Crippen LogP contribution >= 0.6 is 11.3 Å². The van der Waals surface area contributed by atoms with Gasteiger partial charge in [0.25, 0.3) is 0 Å². The molecule has 2 N–H and O–H groups in total. The van der Waals surface area contributed by atoms with Crippen LogP contribution in [0.15, 0.2) is 35.7 Å². The molecule has 1 heterocycles. The number of nitriles is 1. The first-order valence-electron chi connectivity index (χ1n) is 8.53. The van der Waals surface area contributed by atoms with E-state index < -0.39 is 0 Å². The highest BCUT2D eigenvalue weighted by atomic mass is 32.1. The van der Waals surface area contributed by atoms with E-state index in [9.17, 15) is 4.79 Å². The number of carbonyl (C=O) groups excluding carboxylic acids is 1. The standard InChI is InChI=1S/C20H25N3OS/c1-13(2)15-5-7-16(8-6-15)19(14(3)4)22-12-18(24)23-20-17(11-21)9-10-25-20/h5-10,13-14,19,22H,12H2,1-4H3,(H,23,24)/t19-/m0/s1. The molecule has 0 aliphatic carbocycles. The van der Waals surface area contributed by atoms with Crippen molar-refractivity contribution >= 4 is 22.2 Å². The fourth-order valence-electron chi connectivity index (χ4n) is 2.69. The van der Waals surface area contributed by atoms with Gasteiger partial charge in [-0.3, -0.25) is 4.79 Å². The van der Waals surface area contributed by atoms with E-state index in [1.54, 1.807) is 11.4 Å². The van der Waals surface area contributed by atoms with E-state index >= 15 is 0 Å². The van der Waals surface area contributed by atoms with Gasteiger partial charge in [-0.25, -0.2) is 0 Å². The average molecular weight is 356 g/mol. The molecule has 4 nitrogen and oxygen atoms in total. The Labute approximate surface area is 153 Å². The number of nitrogens with zero attached hydrogens (tertiary/aromatic N) is 1. The third-order valence-electron chi connectivity index (χ3n) is 4.15. The molecule has 0 bridgehead atoms. The molecule has 0 unspecified atom stereocenters. The number of nitrogens with one attached hydrogen (secondary N) is 2. The first-order chi connectivity index (χ1) is 11.9. The van der Waals surface area contributed by atoms with Crippen LogP contribution < -0.4 is 10.6 Å². The van der Waals surface area contributed by atoms with Crippen molar-refractivity contribution in [2.45, 2.75) is 39.7 Å². The summed E-state index contributed by atoms with van der Waals surface area (Å²) < 4.78 is 0. The molecule has 0 spiro atoms. The van der Waals surface area contributed by atoms with Crippen molar-refractivity contribution in [1.82, 2.24) is 5.32 Å². The Kier molecular flexibility index (Phi) is 6.74. The number of thiophene rings is 1. The zero-order chi connectivity index (χ0) is 18.4. The van der Waals surface area contributed by atoms with Crippen molar-refractivity contribution in [3.05, 3.63) is 52.4 Å². The Balaban J connectivity index is 1.99. The summed E-state index contributed by atoms with van der Waals surface area (Å²) in [5.41, 5.74) is 3.00. The lowest BCUT2D eigenvalue weighted by Crippen LogP contribution is -2.33. The molecule has 1 aromatic heterocycles. The molecule has 132 valence electrons. The first kappa shape index (κ1) is 19.2. The van der Waals surface area contributed by atoms with E-state index in [0.717, 1.165) is 0 Å². The predicted octanol–water partition coefficient (Wildman–Crippen LogP) is 4.67. The summed E-state index contributed by atoms with van der Waals surface area (Å²) in [7, 11) is 0. The lowest BCUT2D eigenvalue weighted by molar-refractivity contribution is -0.115. The van der Waals surface area contributed by atoms with E-state index in [-0.39, 0.29) is 18.5 Å². The number of hydrogen-bond donors (Lipinski definition) is 2. The Morgan fingerprint density at radius 2 is 1.76 bits per heavy atom. The van der Waals surface area contributed by atoms with Crippen molar-refractivity contribution < 1.29 is 4.79 Å². The fourth-order valence-corrected chi connectivity index (χ4v) is 3.45. The largest absolute Gasteiger partial charge is 0.315 e. The molecule has 2 aromatic rings. The molecule has 1 atom stereocenters. The van der Waals surface area contributed by atoms with E-state index in [2.05, 4.69) is 68.7 Å². The Morgan fingerprint density at radius 1 is 1.12 bits per heavy atom. The Hall–Kier alpha value is -2.16. The van der Waals surface area contributed by atoms with Crippen LogP contribution in [0.2, 0.25) is 0 Å². The van der Waals surface area contributed by atoms with Gasteiger partial charge in [0.15, 0.2) is 0 Å². The SMILES string of the molecule is CC(C)c1ccc([C@@H](NCC(=O)Nc2sccc2C#N)C(C)C)cc1. The maximum Gasteiger partial charge on any atom is 0.238 e. The minimum Gasteiger partial charge on any atom is -0.315 e. The van der Waals surface area contributed by atoms with Gasteiger partial charge in [-0.15, -0.1) is 11.3 Å². The van der Waals surface area contributed by atoms with Gasteiger partial charge in [-0.1, -0.05) is 52.0 Å². The van der Waals surface area contributed by atoms with Crippen molar-refractivity contribution in [2.75, 3.05) is 11.9 Å². The van der Waals surface area contributed by atoms with Gasteiger partial charge in [-0.05, 0) is 34.4 Å². The molecule has 2 rings (SSSR count). The topological polar surface area (TPSA) is 64.9 Å². The van der Waals surface area contributed by atoms with Crippen molar-refractivity contribution in [3.8, 4) is 6.07 Å². The molecular weight excluding hydrogens is 330 g/mol. The molecule has 0 aliphatic heterocycles. The van der Waals surface area contributed by atoms with E-state index in [1.807, 2.05) is 0 Å². The molecule has 0 saturated carbocycles. The molecule has 0 aliphatic rings. The second-order valence-corrected chi connectivity index (χ2v) is 7.66. The average Bonchev–Trinajstić information content (AvgIpc) is 3.02. The maximum atomic E-state index is 12.2. The summed E-state index contributed by atoms with van der Waals surface area (Å²) in [4.78, 5) is 12.2. The highest BCUT2D eigenvalue weighted by Gasteiger charge is 2.17. The minimum absolute atomic E-state index is 0.103. The highest BCUT2D eigenvalue weighted by Crippen LogP contribution is 2.24. The summed E-state index contributed by atoms with van der Waals surface area (Å²) in [5, 5.41) is 17.6. The van der Waals surface area contributed by atoms with E-state index in [4.69, 9.17) is 5.26 Å². The second-order valence-electron chi connectivity index (χ2n) is 6.75. The molecule has 0 fully saturated rings. The monoisotopic (exact) mass is 355 g/mol. The minimum atomic E-state index is -0.136. The lowest BCUT2D eigenvalue weighted by Gasteiger charge is -2.23. The van der Waals surface area contributed by atoms with Gasteiger partial charge in [-0.2, -0.15) is 5.26 Å². The first-order valence-corrected chi connectivity index (χ1v) is 9.41. The number of hydrogen-bond acceptors (Lipinski definition) is 4. The molecule has 25 heavy (non-hydrogen) atoms. The van der Waals surface area contributed by atoms with Crippen LogP contribution in [0.4, 0.5) is 5.00 Å². The fraction of sp³-hybridized carbons (Fsp3) is 0.400. The highest BCUT2D eigenvalue weighted by molar-refractivity contribution is 7.14. The Bertz CT molecular complexity index is 741. The number of amides is 1. The number of anilines is 1. The van der Waals surface area contributed by atoms with Crippen LogP contribution in [0.5, 0.6) is 0 Å². The van der Waals surface area contributed by atoms with E-state index in [1.165, 1.54) is 22.5 Å². The van der Waals surface area contributed by atoms with Gasteiger partial charge < -0.3 is 10.6 Å². The van der Waals surface area contributed by atoms with Gasteiger partial charge in [0.05, 0.1) is 12.1 Å².